The Labute approximate surface area is 174 Å². The zero-order valence-corrected chi connectivity index (χ0v) is 17.5. The Morgan fingerprint density at radius 1 is 1.29 bits per heavy atom. The predicted octanol–water partition coefficient (Wildman–Crippen LogP) is 4.79. The lowest BCUT2D eigenvalue weighted by Crippen LogP contribution is -2.14. The van der Waals surface area contributed by atoms with Crippen LogP contribution in [0.15, 0.2) is 41.8 Å². The molecule has 0 saturated heterocycles. The molecule has 1 aliphatic rings. The molecule has 2 heterocycles. The van der Waals surface area contributed by atoms with Crippen LogP contribution in [0.1, 0.15) is 16.8 Å². The highest BCUT2D eigenvalue weighted by molar-refractivity contribution is 7.83. The number of hydrogen-bond donors (Lipinski definition) is 0. The number of rotatable bonds is 6. The minimum Gasteiger partial charge on any atom is -0.496 e. The van der Waals surface area contributed by atoms with Crippen molar-refractivity contribution in [1.29, 1.82) is 0 Å². The number of methoxy groups -OCH3 is 1. The molecule has 0 unspecified atom stereocenters. The average molecular weight is 436 g/mol. The Morgan fingerprint density at radius 2 is 2.14 bits per heavy atom. The van der Waals surface area contributed by atoms with E-state index < -0.39 is 10.8 Å². The Hall–Kier alpha value is -1.93. The largest absolute Gasteiger partial charge is 0.496 e. The molecule has 0 saturated carbocycles. The van der Waals surface area contributed by atoms with Crippen LogP contribution in [0.4, 0.5) is 0 Å². The maximum Gasteiger partial charge on any atom is 0.189 e. The minimum atomic E-state index is -1.15. The summed E-state index contributed by atoms with van der Waals surface area (Å²) in [5.74, 6) is 2.22. The second-order valence-corrected chi connectivity index (χ2v) is 8.99. The summed E-state index contributed by atoms with van der Waals surface area (Å²) in [4.78, 5) is 4.64. The third kappa shape index (κ3) is 4.22. The van der Waals surface area contributed by atoms with E-state index in [2.05, 4.69) is 4.98 Å². The van der Waals surface area contributed by atoms with Gasteiger partial charge in [0.15, 0.2) is 6.79 Å². The lowest BCUT2D eigenvalue weighted by Gasteiger charge is -2.21. The summed E-state index contributed by atoms with van der Waals surface area (Å²) in [5.41, 5.74) is 3.45. The van der Waals surface area contributed by atoms with E-state index in [9.17, 15) is 4.21 Å². The molecule has 28 heavy (non-hydrogen) atoms. The van der Waals surface area contributed by atoms with Crippen LogP contribution >= 0.6 is 22.9 Å². The average Bonchev–Trinajstić information content (AvgIpc) is 3.16. The van der Waals surface area contributed by atoms with Crippen LogP contribution in [0.3, 0.4) is 0 Å². The maximum absolute atomic E-state index is 12.8. The van der Waals surface area contributed by atoms with E-state index in [4.69, 9.17) is 25.8 Å². The van der Waals surface area contributed by atoms with Gasteiger partial charge in [0, 0.05) is 32.3 Å². The van der Waals surface area contributed by atoms with E-state index in [1.165, 1.54) is 11.3 Å². The second-order valence-electron chi connectivity index (χ2n) is 6.24. The number of hydrogen-bond acceptors (Lipinski definition) is 6. The lowest BCUT2D eigenvalue weighted by molar-refractivity contribution is -0.0169. The first-order valence-corrected chi connectivity index (χ1v) is 11.3. The Morgan fingerprint density at radius 3 is 3.00 bits per heavy atom. The number of halogens is 1. The fraction of sp³-hybridized carbons (Fsp3) is 0.250. The Bertz CT molecular complexity index is 1020. The van der Waals surface area contributed by atoms with Crippen molar-refractivity contribution in [3.05, 3.63) is 63.6 Å². The number of para-hydroxylation sites is 1. The van der Waals surface area contributed by atoms with Gasteiger partial charge in [-0.3, -0.25) is 4.21 Å². The van der Waals surface area contributed by atoms with Crippen LogP contribution in [0.25, 0.3) is 10.6 Å². The Kier molecular flexibility index (Phi) is 5.96. The Balaban J connectivity index is 1.50. The minimum absolute atomic E-state index is 0.197. The number of nitrogens with zero attached hydrogens (tertiary/aromatic N) is 1. The first-order chi connectivity index (χ1) is 13.6. The van der Waals surface area contributed by atoms with Gasteiger partial charge < -0.3 is 14.2 Å². The normalized spacial score (nSPS) is 14.2. The van der Waals surface area contributed by atoms with Crippen LogP contribution in [-0.2, 0) is 33.6 Å². The zero-order valence-electron chi connectivity index (χ0n) is 15.1. The van der Waals surface area contributed by atoms with Crippen LogP contribution in [-0.4, -0.2) is 23.1 Å². The molecule has 0 spiro atoms. The second kappa shape index (κ2) is 8.61. The van der Waals surface area contributed by atoms with Crippen molar-refractivity contribution >= 4 is 33.7 Å². The van der Waals surface area contributed by atoms with Gasteiger partial charge in [-0.25, -0.2) is 4.98 Å². The van der Waals surface area contributed by atoms with E-state index in [1.54, 1.807) is 7.11 Å². The maximum atomic E-state index is 12.8. The highest BCUT2D eigenvalue weighted by Crippen LogP contribution is 2.34. The molecule has 2 aromatic carbocycles. The quantitative estimate of drug-likeness (QED) is 0.557. The molecule has 5 nitrogen and oxygen atoms in total. The highest BCUT2D eigenvalue weighted by atomic mass is 35.5. The molecule has 8 heteroatoms. The molecule has 146 valence electrons. The van der Waals surface area contributed by atoms with E-state index in [-0.39, 0.29) is 6.79 Å². The standard InChI is InChI=1S/C20H18ClNO4S2/c1-24-18-5-3-2-4-17(18)20-22-16(9-27-20)11-28(23)10-14-7-15(21)6-13-8-25-12-26-19(13)14/h2-7,9H,8,10-12H2,1H3/t28-/m0/s1. The summed E-state index contributed by atoms with van der Waals surface area (Å²) in [6.45, 7) is 0.645. The van der Waals surface area contributed by atoms with Gasteiger partial charge in [0.25, 0.3) is 0 Å². The topological polar surface area (TPSA) is 57.7 Å². The van der Waals surface area contributed by atoms with Crippen molar-refractivity contribution < 1.29 is 18.4 Å². The van der Waals surface area contributed by atoms with Crippen molar-refractivity contribution in [1.82, 2.24) is 4.98 Å². The molecular weight excluding hydrogens is 418 g/mol. The van der Waals surface area contributed by atoms with Gasteiger partial charge in [-0.15, -0.1) is 11.3 Å². The monoisotopic (exact) mass is 435 g/mol. The molecule has 0 bridgehead atoms. The summed E-state index contributed by atoms with van der Waals surface area (Å²) >= 11 is 7.71. The third-order valence-corrected chi connectivity index (χ3v) is 6.66. The fourth-order valence-electron chi connectivity index (χ4n) is 3.07. The number of thiazole rings is 1. The van der Waals surface area contributed by atoms with Gasteiger partial charge in [0.2, 0.25) is 0 Å². The van der Waals surface area contributed by atoms with Gasteiger partial charge in [0.1, 0.15) is 16.5 Å². The van der Waals surface area contributed by atoms with Crippen molar-refractivity contribution in [2.75, 3.05) is 13.9 Å². The summed E-state index contributed by atoms with van der Waals surface area (Å²) in [6.07, 6.45) is 0. The van der Waals surface area contributed by atoms with Crippen molar-refractivity contribution in [3.8, 4) is 22.1 Å². The number of benzene rings is 2. The van der Waals surface area contributed by atoms with Gasteiger partial charge in [-0.2, -0.15) is 0 Å². The predicted molar refractivity (Wildman–Crippen MR) is 111 cm³/mol. The van der Waals surface area contributed by atoms with E-state index >= 15 is 0 Å². The molecule has 1 atom stereocenters. The van der Waals surface area contributed by atoms with Gasteiger partial charge in [-0.1, -0.05) is 23.7 Å². The third-order valence-electron chi connectivity index (χ3n) is 4.27. The van der Waals surface area contributed by atoms with Crippen molar-refractivity contribution in [2.45, 2.75) is 18.1 Å². The molecule has 0 aliphatic carbocycles. The van der Waals surface area contributed by atoms with Gasteiger partial charge in [-0.05, 0) is 24.3 Å². The molecular formula is C20H18ClNO4S2. The van der Waals surface area contributed by atoms with Crippen LogP contribution < -0.4 is 9.47 Å². The van der Waals surface area contributed by atoms with Crippen LogP contribution in [0.5, 0.6) is 11.5 Å². The van der Waals surface area contributed by atoms with Crippen LogP contribution in [0, 0.1) is 0 Å². The highest BCUT2D eigenvalue weighted by Gasteiger charge is 2.19. The zero-order chi connectivity index (χ0) is 19.5. The van der Waals surface area contributed by atoms with Crippen molar-refractivity contribution in [3.63, 3.8) is 0 Å². The smallest absolute Gasteiger partial charge is 0.189 e. The number of fused-ring (bicyclic) bond motifs is 1. The first-order valence-electron chi connectivity index (χ1n) is 8.58. The SMILES string of the molecule is COc1ccccc1-c1nc(C[S@@](=O)Cc2cc(Cl)cc3c2OCOC3)cs1. The van der Waals surface area contributed by atoms with Crippen LogP contribution in [0.2, 0.25) is 5.02 Å². The van der Waals surface area contributed by atoms with Crippen molar-refractivity contribution in [2.24, 2.45) is 0 Å². The van der Waals surface area contributed by atoms with E-state index in [0.29, 0.717) is 23.1 Å². The molecule has 1 aliphatic heterocycles. The van der Waals surface area contributed by atoms with E-state index in [0.717, 1.165) is 38.9 Å². The van der Waals surface area contributed by atoms with Gasteiger partial charge >= 0.3 is 0 Å². The fourth-order valence-corrected chi connectivity index (χ4v) is 5.43. The lowest BCUT2D eigenvalue weighted by atomic mass is 10.1. The van der Waals surface area contributed by atoms with E-state index in [1.807, 2.05) is 41.8 Å². The summed E-state index contributed by atoms with van der Waals surface area (Å²) in [7, 11) is 0.495. The molecule has 3 aromatic rings. The molecule has 0 radical (unpaired) electrons. The first kappa shape index (κ1) is 19.4. The summed E-state index contributed by atoms with van der Waals surface area (Å²) in [5, 5.41) is 3.38. The molecule has 0 N–H and O–H groups in total. The summed E-state index contributed by atoms with van der Waals surface area (Å²) in [6, 6.07) is 11.4. The number of ether oxygens (including phenoxy) is 3. The molecule has 1 aromatic heterocycles. The van der Waals surface area contributed by atoms with Gasteiger partial charge in [0.05, 0.1) is 36.5 Å². The molecule has 0 fully saturated rings. The molecule has 0 amide bonds. The molecule has 4 rings (SSSR count). The summed E-state index contributed by atoms with van der Waals surface area (Å²) < 4.78 is 29.1. The number of aromatic nitrogens is 1.